The maximum absolute atomic E-state index is 10.7. The number of halogens is 1. The molecule has 1 aliphatic heterocycles. The minimum atomic E-state index is -0.634. The molecule has 1 saturated heterocycles. The molecular formula is C11H16BrNOS. The van der Waals surface area contributed by atoms with Gasteiger partial charge in [-0.15, -0.1) is 0 Å². The molecule has 0 saturated carbocycles. The Morgan fingerprint density at radius 2 is 2.33 bits per heavy atom. The van der Waals surface area contributed by atoms with E-state index in [9.17, 15) is 5.11 Å². The van der Waals surface area contributed by atoms with E-state index in [2.05, 4.69) is 40.2 Å². The van der Waals surface area contributed by atoms with E-state index in [1.165, 1.54) is 0 Å². The highest BCUT2D eigenvalue weighted by Crippen LogP contribution is 2.40. The number of piperidine rings is 1. The Balaban J connectivity index is 2.25. The Hall–Kier alpha value is 0.1000. The molecule has 2 heterocycles. The van der Waals surface area contributed by atoms with Crippen LogP contribution in [0.5, 0.6) is 0 Å². The molecular weight excluding hydrogens is 274 g/mol. The van der Waals surface area contributed by atoms with Crippen LogP contribution >= 0.6 is 27.3 Å². The van der Waals surface area contributed by atoms with Crippen LogP contribution in [0.2, 0.25) is 0 Å². The molecule has 2 unspecified atom stereocenters. The summed E-state index contributed by atoms with van der Waals surface area (Å²) in [7, 11) is 2.12. The largest absolute Gasteiger partial charge is 0.385 e. The van der Waals surface area contributed by atoms with Crippen LogP contribution in [-0.2, 0) is 5.60 Å². The second kappa shape index (κ2) is 4.17. The van der Waals surface area contributed by atoms with Crippen LogP contribution in [-0.4, -0.2) is 29.6 Å². The molecule has 1 fully saturated rings. The van der Waals surface area contributed by atoms with Gasteiger partial charge in [-0.25, -0.2) is 0 Å². The van der Waals surface area contributed by atoms with E-state index in [4.69, 9.17) is 0 Å². The maximum Gasteiger partial charge on any atom is 0.0942 e. The number of rotatable bonds is 1. The van der Waals surface area contributed by atoms with Crippen molar-refractivity contribution in [2.75, 3.05) is 13.6 Å². The van der Waals surface area contributed by atoms with Gasteiger partial charge in [0.15, 0.2) is 0 Å². The zero-order chi connectivity index (χ0) is 11.1. The summed E-state index contributed by atoms with van der Waals surface area (Å²) < 4.78 is 1.05. The number of nitrogens with zero attached hydrogens (tertiary/aromatic N) is 1. The predicted molar refractivity (Wildman–Crippen MR) is 67.2 cm³/mol. The maximum atomic E-state index is 10.7. The van der Waals surface area contributed by atoms with Gasteiger partial charge in [-0.2, -0.15) is 11.3 Å². The first-order valence-corrected chi connectivity index (χ1v) is 6.91. The third kappa shape index (κ3) is 2.13. The van der Waals surface area contributed by atoms with Gasteiger partial charge in [-0.1, -0.05) is 0 Å². The van der Waals surface area contributed by atoms with Crippen LogP contribution in [0.4, 0.5) is 0 Å². The standard InChI is InChI=1S/C11H16BrNOS/c1-8-5-11(14,3-4-13(8)2)9-6-15-7-10(9)12/h6-8,14H,3-5H2,1-2H3. The zero-order valence-corrected chi connectivity index (χ0v) is 11.4. The lowest BCUT2D eigenvalue weighted by Gasteiger charge is -2.41. The molecule has 2 atom stereocenters. The molecule has 4 heteroatoms. The monoisotopic (exact) mass is 289 g/mol. The quantitative estimate of drug-likeness (QED) is 0.859. The van der Waals surface area contributed by atoms with Crippen molar-refractivity contribution in [3.63, 3.8) is 0 Å². The van der Waals surface area contributed by atoms with E-state index in [1.54, 1.807) is 11.3 Å². The molecule has 0 aromatic carbocycles. The fourth-order valence-electron chi connectivity index (χ4n) is 2.19. The van der Waals surface area contributed by atoms with E-state index in [1.807, 2.05) is 5.38 Å². The normalized spacial score (nSPS) is 33.2. The summed E-state index contributed by atoms with van der Waals surface area (Å²) in [5.41, 5.74) is 0.428. The van der Waals surface area contributed by atoms with Gasteiger partial charge in [0.1, 0.15) is 0 Å². The average molecular weight is 290 g/mol. The van der Waals surface area contributed by atoms with Gasteiger partial charge in [0.2, 0.25) is 0 Å². The number of hydrogen-bond donors (Lipinski definition) is 1. The Morgan fingerprint density at radius 3 is 2.87 bits per heavy atom. The van der Waals surface area contributed by atoms with Gasteiger partial charge in [-0.05, 0) is 48.1 Å². The SMILES string of the molecule is CC1CC(O)(c2cscc2Br)CCN1C. The fourth-order valence-corrected chi connectivity index (χ4v) is 3.94. The van der Waals surface area contributed by atoms with E-state index in [-0.39, 0.29) is 0 Å². The van der Waals surface area contributed by atoms with Crippen LogP contribution in [0.3, 0.4) is 0 Å². The van der Waals surface area contributed by atoms with Crippen molar-refractivity contribution in [2.45, 2.75) is 31.4 Å². The van der Waals surface area contributed by atoms with Crippen LogP contribution in [0.1, 0.15) is 25.3 Å². The Kier molecular flexibility index (Phi) is 3.22. The summed E-state index contributed by atoms with van der Waals surface area (Å²) >= 11 is 5.15. The predicted octanol–water partition coefficient (Wildman–Crippen LogP) is 2.81. The molecule has 2 nitrogen and oxygen atoms in total. The summed E-state index contributed by atoms with van der Waals surface area (Å²) in [5.74, 6) is 0. The first-order chi connectivity index (χ1) is 7.03. The van der Waals surface area contributed by atoms with Gasteiger partial charge in [0.25, 0.3) is 0 Å². The van der Waals surface area contributed by atoms with Crippen molar-refractivity contribution in [3.8, 4) is 0 Å². The fraction of sp³-hybridized carbons (Fsp3) is 0.636. The van der Waals surface area contributed by atoms with E-state index < -0.39 is 5.60 Å². The highest BCUT2D eigenvalue weighted by atomic mass is 79.9. The van der Waals surface area contributed by atoms with Gasteiger partial charge in [-0.3, -0.25) is 0 Å². The summed E-state index contributed by atoms with van der Waals surface area (Å²) in [6.07, 6.45) is 1.64. The molecule has 0 radical (unpaired) electrons. The zero-order valence-electron chi connectivity index (χ0n) is 9.03. The van der Waals surface area contributed by atoms with Crippen molar-refractivity contribution in [3.05, 3.63) is 20.8 Å². The lowest BCUT2D eigenvalue weighted by atomic mass is 9.83. The van der Waals surface area contributed by atoms with Crippen molar-refractivity contribution in [1.82, 2.24) is 4.90 Å². The lowest BCUT2D eigenvalue weighted by Crippen LogP contribution is -2.45. The van der Waals surface area contributed by atoms with E-state index in [0.717, 1.165) is 29.4 Å². The highest BCUT2D eigenvalue weighted by Gasteiger charge is 2.38. The topological polar surface area (TPSA) is 23.5 Å². The van der Waals surface area contributed by atoms with Crippen molar-refractivity contribution >= 4 is 27.3 Å². The molecule has 1 aliphatic rings. The Bertz CT molecular complexity index is 354. The first kappa shape index (κ1) is 11.6. The van der Waals surface area contributed by atoms with Gasteiger partial charge < -0.3 is 10.0 Å². The molecule has 1 aromatic heterocycles. The summed E-state index contributed by atoms with van der Waals surface area (Å²) in [6.45, 7) is 3.13. The van der Waals surface area contributed by atoms with E-state index >= 15 is 0 Å². The molecule has 0 bridgehead atoms. The minimum absolute atomic E-state index is 0.440. The Labute approximate surface area is 103 Å². The first-order valence-electron chi connectivity index (χ1n) is 5.18. The molecule has 0 spiro atoms. The third-order valence-corrected chi connectivity index (χ3v) is 5.08. The molecule has 0 amide bonds. The van der Waals surface area contributed by atoms with Crippen molar-refractivity contribution < 1.29 is 5.11 Å². The molecule has 84 valence electrons. The number of aliphatic hydroxyl groups is 1. The second-order valence-electron chi connectivity index (χ2n) is 4.45. The summed E-state index contributed by atoms with van der Waals surface area (Å²) in [5, 5.41) is 14.7. The van der Waals surface area contributed by atoms with Crippen molar-refractivity contribution in [1.29, 1.82) is 0 Å². The van der Waals surface area contributed by atoms with Gasteiger partial charge in [0.05, 0.1) is 5.60 Å². The summed E-state index contributed by atoms with van der Waals surface area (Å²) in [6, 6.07) is 0.440. The number of likely N-dealkylation sites (tertiary alicyclic amines) is 1. The smallest absolute Gasteiger partial charge is 0.0942 e. The Morgan fingerprint density at radius 1 is 1.60 bits per heavy atom. The van der Waals surface area contributed by atoms with Crippen LogP contribution in [0.25, 0.3) is 0 Å². The van der Waals surface area contributed by atoms with Crippen LogP contribution in [0.15, 0.2) is 15.2 Å². The van der Waals surface area contributed by atoms with E-state index in [0.29, 0.717) is 6.04 Å². The van der Waals surface area contributed by atoms with Crippen LogP contribution < -0.4 is 0 Å². The molecule has 1 aromatic rings. The number of hydrogen-bond acceptors (Lipinski definition) is 3. The third-order valence-electron chi connectivity index (χ3n) is 3.38. The highest BCUT2D eigenvalue weighted by molar-refractivity contribution is 9.10. The average Bonchev–Trinajstić information content (AvgIpc) is 2.59. The summed E-state index contributed by atoms with van der Waals surface area (Å²) in [4.78, 5) is 2.30. The van der Waals surface area contributed by atoms with Crippen molar-refractivity contribution in [2.24, 2.45) is 0 Å². The molecule has 0 aliphatic carbocycles. The van der Waals surface area contributed by atoms with Crippen LogP contribution in [0, 0.1) is 0 Å². The van der Waals surface area contributed by atoms with Gasteiger partial charge in [0, 0.05) is 28.0 Å². The van der Waals surface area contributed by atoms with Gasteiger partial charge >= 0.3 is 0 Å². The minimum Gasteiger partial charge on any atom is -0.385 e. The molecule has 15 heavy (non-hydrogen) atoms. The number of thiophene rings is 1. The lowest BCUT2D eigenvalue weighted by molar-refractivity contribution is -0.0410. The second-order valence-corrected chi connectivity index (χ2v) is 6.05. The molecule has 2 rings (SSSR count). The molecule has 1 N–H and O–H groups in total.